The molecule has 3 N–H and O–H groups in total. The van der Waals surface area contributed by atoms with E-state index in [0.717, 1.165) is 50.5 Å². The predicted molar refractivity (Wildman–Crippen MR) is 94.2 cm³/mol. The molecule has 1 unspecified atom stereocenters. The van der Waals surface area contributed by atoms with Gasteiger partial charge >= 0.3 is 5.97 Å². The van der Waals surface area contributed by atoms with Gasteiger partial charge in [-0.3, -0.25) is 4.79 Å². The Bertz CT molecular complexity index is 629. The maximum atomic E-state index is 11.8. The molecule has 2 fully saturated rings. The molecule has 2 saturated heterocycles. The van der Waals surface area contributed by atoms with Crippen LogP contribution in [0.15, 0.2) is 18.7 Å². The van der Waals surface area contributed by atoms with Crippen LogP contribution in [0.25, 0.3) is 0 Å². The number of aromatic nitrogens is 2. The van der Waals surface area contributed by atoms with Gasteiger partial charge in [0.15, 0.2) is 0 Å². The zero-order valence-corrected chi connectivity index (χ0v) is 13.9. The Balaban J connectivity index is 1.87. The van der Waals surface area contributed by atoms with Crippen molar-refractivity contribution in [2.24, 2.45) is 5.41 Å². The van der Waals surface area contributed by atoms with Crippen molar-refractivity contribution in [1.82, 2.24) is 9.97 Å². The molecular formula is C17H25N5O2. The van der Waals surface area contributed by atoms with Crippen LogP contribution in [0.2, 0.25) is 0 Å². The topological polar surface area (TPSA) is 95.6 Å². The van der Waals surface area contributed by atoms with Crippen LogP contribution >= 0.6 is 0 Å². The maximum Gasteiger partial charge on any atom is 0.311 e. The van der Waals surface area contributed by atoms with Crippen LogP contribution in [0.3, 0.4) is 0 Å². The fraction of sp³-hybridized carbons (Fsp3) is 0.588. The summed E-state index contributed by atoms with van der Waals surface area (Å²) in [5, 5.41) is 9.73. The van der Waals surface area contributed by atoms with Crippen molar-refractivity contribution in [2.45, 2.75) is 32.1 Å². The van der Waals surface area contributed by atoms with Gasteiger partial charge in [-0.1, -0.05) is 6.08 Å². The van der Waals surface area contributed by atoms with Gasteiger partial charge in [0, 0.05) is 32.2 Å². The van der Waals surface area contributed by atoms with E-state index in [0.29, 0.717) is 19.4 Å². The molecular weight excluding hydrogens is 306 g/mol. The van der Waals surface area contributed by atoms with Crippen LogP contribution in [0.4, 0.5) is 17.6 Å². The molecule has 0 aromatic carbocycles. The summed E-state index contributed by atoms with van der Waals surface area (Å²) in [6, 6.07) is 1.94. The van der Waals surface area contributed by atoms with Crippen LogP contribution in [-0.2, 0) is 4.79 Å². The van der Waals surface area contributed by atoms with Gasteiger partial charge in [-0.25, -0.2) is 0 Å². The van der Waals surface area contributed by atoms with Crippen molar-refractivity contribution in [3.63, 3.8) is 0 Å². The molecule has 0 saturated carbocycles. The van der Waals surface area contributed by atoms with E-state index in [-0.39, 0.29) is 5.95 Å². The number of nitrogens with zero attached hydrogens (tertiary/aromatic N) is 4. The molecule has 2 aliphatic rings. The zero-order chi connectivity index (χ0) is 17.2. The standard InChI is InChI=1S/C17H25N5O2/c1-2-6-17(15(23)24)7-5-10-22(12-17)14-11-13(19-16(18)20-14)21-8-3-4-9-21/h2,11H,1,3-10,12H2,(H,23,24)(H2,18,19,20). The van der Waals surface area contributed by atoms with Crippen molar-refractivity contribution in [3.05, 3.63) is 18.7 Å². The van der Waals surface area contributed by atoms with Crippen LogP contribution in [0, 0.1) is 5.41 Å². The molecule has 130 valence electrons. The third-order valence-electron chi connectivity index (χ3n) is 5.04. The molecule has 7 nitrogen and oxygen atoms in total. The van der Waals surface area contributed by atoms with E-state index in [9.17, 15) is 9.90 Å². The largest absolute Gasteiger partial charge is 0.481 e. The van der Waals surface area contributed by atoms with Crippen molar-refractivity contribution in [3.8, 4) is 0 Å². The van der Waals surface area contributed by atoms with Gasteiger partial charge in [-0.15, -0.1) is 6.58 Å². The number of rotatable bonds is 5. The van der Waals surface area contributed by atoms with Crippen molar-refractivity contribution < 1.29 is 9.90 Å². The minimum absolute atomic E-state index is 0.240. The monoisotopic (exact) mass is 331 g/mol. The smallest absolute Gasteiger partial charge is 0.311 e. The first kappa shape index (κ1) is 16.5. The third-order valence-corrected chi connectivity index (χ3v) is 5.04. The highest BCUT2D eigenvalue weighted by Gasteiger charge is 2.41. The quantitative estimate of drug-likeness (QED) is 0.796. The minimum Gasteiger partial charge on any atom is -0.481 e. The third kappa shape index (κ3) is 3.16. The first-order valence-electron chi connectivity index (χ1n) is 8.53. The summed E-state index contributed by atoms with van der Waals surface area (Å²) >= 11 is 0. The van der Waals surface area contributed by atoms with Crippen LogP contribution < -0.4 is 15.5 Å². The Morgan fingerprint density at radius 3 is 2.50 bits per heavy atom. The van der Waals surface area contributed by atoms with Gasteiger partial charge in [-0.2, -0.15) is 9.97 Å². The SMILES string of the molecule is C=CCC1(C(=O)O)CCCN(c2cc(N3CCCC3)nc(N)n2)C1. The summed E-state index contributed by atoms with van der Waals surface area (Å²) in [5.74, 6) is 1.03. The van der Waals surface area contributed by atoms with Crippen molar-refractivity contribution in [2.75, 3.05) is 41.7 Å². The summed E-state index contributed by atoms with van der Waals surface area (Å²) in [5.41, 5.74) is 5.11. The first-order valence-corrected chi connectivity index (χ1v) is 8.53. The number of hydrogen-bond acceptors (Lipinski definition) is 6. The summed E-state index contributed by atoms with van der Waals surface area (Å²) in [4.78, 5) is 24.8. The number of aliphatic carboxylic acids is 1. The molecule has 24 heavy (non-hydrogen) atoms. The lowest BCUT2D eigenvalue weighted by Gasteiger charge is -2.40. The van der Waals surface area contributed by atoms with E-state index >= 15 is 0 Å². The Kier molecular flexibility index (Phi) is 4.59. The molecule has 0 aliphatic carbocycles. The molecule has 3 rings (SSSR count). The second kappa shape index (κ2) is 6.67. The second-order valence-corrected chi connectivity index (χ2v) is 6.74. The highest BCUT2D eigenvalue weighted by atomic mass is 16.4. The average molecular weight is 331 g/mol. The maximum absolute atomic E-state index is 11.8. The van der Waals surface area contributed by atoms with Gasteiger partial charge in [0.25, 0.3) is 0 Å². The summed E-state index contributed by atoms with van der Waals surface area (Å²) < 4.78 is 0. The van der Waals surface area contributed by atoms with E-state index in [2.05, 4.69) is 21.4 Å². The fourth-order valence-electron chi connectivity index (χ4n) is 3.74. The molecule has 0 bridgehead atoms. The number of carboxylic acids is 1. The van der Waals surface area contributed by atoms with E-state index in [1.165, 1.54) is 0 Å². The number of nitrogens with two attached hydrogens (primary N) is 1. The Morgan fingerprint density at radius 2 is 1.88 bits per heavy atom. The Morgan fingerprint density at radius 1 is 1.25 bits per heavy atom. The molecule has 2 aliphatic heterocycles. The zero-order valence-electron chi connectivity index (χ0n) is 13.9. The summed E-state index contributed by atoms with van der Waals surface area (Å²) in [6.45, 7) is 6.88. The number of allylic oxidation sites excluding steroid dienone is 1. The van der Waals surface area contributed by atoms with Gasteiger partial charge in [-0.05, 0) is 32.1 Å². The lowest BCUT2D eigenvalue weighted by molar-refractivity contribution is -0.149. The molecule has 0 radical (unpaired) electrons. The van der Waals surface area contributed by atoms with E-state index in [4.69, 9.17) is 5.73 Å². The lowest BCUT2D eigenvalue weighted by Crippen LogP contribution is -2.48. The van der Waals surface area contributed by atoms with Gasteiger partial charge in [0.1, 0.15) is 11.6 Å². The van der Waals surface area contributed by atoms with Gasteiger partial charge in [0.05, 0.1) is 5.41 Å². The molecule has 1 aromatic rings. The van der Waals surface area contributed by atoms with E-state index < -0.39 is 11.4 Å². The first-order chi connectivity index (χ1) is 11.5. The normalized spacial score (nSPS) is 24.2. The molecule has 0 amide bonds. The number of anilines is 3. The molecule has 1 atom stereocenters. The number of carboxylic acid groups (broad SMARTS) is 1. The highest BCUT2D eigenvalue weighted by Crippen LogP contribution is 2.36. The predicted octanol–water partition coefficient (Wildman–Crippen LogP) is 1.91. The van der Waals surface area contributed by atoms with Crippen molar-refractivity contribution in [1.29, 1.82) is 0 Å². The van der Waals surface area contributed by atoms with Gasteiger partial charge < -0.3 is 20.6 Å². The minimum atomic E-state index is -0.798. The van der Waals surface area contributed by atoms with Crippen LogP contribution in [0.1, 0.15) is 32.1 Å². The Hall–Kier alpha value is -2.31. The summed E-state index contributed by atoms with van der Waals surface area (Å²) in [6.07, 6.45) is 5.93. The second-order valence-electron chi connectivity index (χ2n) is 6.74. The highest BCUT2D eigenvalue weighted by molar-refractivity contribution is 5.76. The average Bonchev–Trinajstić information content (AvgIpc) is 3.09. The number of hydrogen-bond donors (Lipinski definition) is 2. The molecule has 0 spiro atoms. The van der Waals surface area contributed by atoms with E-state index in [1.807, 2.05) is 11.0 Å². The van der Waals surface area contributed by atoms with Crippen LogP contribution in [-0.4, -0.2) is 47.2 Å². The molecule has 1 aromatic heterocycles. The molecule has 3 heterocycles. The fourth-order valence-corrected chi connectivity index (χ4v) is 3.74. The van der Waals surface area contributed by atoms with Crippen LogP contribution in [0.5, 0.6) is 0 Å². The number of carbonyl (C=O) groups is 1. The summed E-state index contributed by atoms with van der Waals surface area (Å²) in [7, 11) is 0. The Labute approximate surface area is 142 Å². The lowest BCUT2D eigenvalue weighted by atomic mass is 9.77. The van der Waals surface area contributed by atoms with Crippen molar-refractivity contribution >= 4 is 23.6 Å². The van der Waals surface area contributed by atoms with E-state index in [1.54, 1.807) is 6.08 Å². The number of piperidine rings is 1. The number of nitrogen functional groups attached to an aromatic ring is 1. The van der Waals surface area contributed by atoms with Gasteiger partial charge in [0.2, 0.25) is 5.95 Å². The molecule has 7 heteroatoms.